The van der Waals surface area contributed by atoms with Crippen molar-refractivity contribution in [1.29, 1.82) is 0 Å². The summed E-state index contributed by atoms with van der Waals surface area (Å²) in [6.45, 7) is 4.15. The minimum absolute atomic E-state index is 0.0101. The highest BCUT2D eigenvalue weighted by Gasteiger charge is 2.51. The number of aromatic nitrogens is 3. The Morgan fingerprint density at radius 1 is 1.04 bits per heavy atom. The molecule has 2 aliphatic carbocycles. The van der Waals surface area contributed by atoms with Gasteiger partial charge in [0, 0.05) is 35.0 Å². The predicted octanol–water partition coefficient (Wildman–Crippen LogP) is 5.60. The molecule has 2 N–H and O–H groups in total. The number of pyridine rings is 1. The molecule has 2 saturated heterocycles. The summed E-state index contributed by atoms with van der Waals surface area (Å²) < 4.78 is 50.2. The van der Waals surface area contributed by atoms with Crippen molar-refractivity contribution in [3.8, 4) is 28.9 Å². The highest BCUT2D eigenvalue weighted by Crippen LogP contribution is 2.51. The number of phenolic OH excluding ortho intramolecular Hbond substituents is 1. The fraction of sp³-hybridized carbons (Fsp3) is 0.528. The Morgan fingerprint density at radius 3 is 2.69 bits per heavy atom. The fourth-order valence-electron chi connectivity index (χ4n) is 8.45. The summed E-state index contributed by atoms with van der Waals surface area (Å²) in [6.07, 6.45) is 8.01. The van der Waals surface area contributed by atoms with Gasteiger partial charge in [-0.05, 0) is 75.6 Å². The molecule has 0 spiro atoms. The zero-order valence-electron chi connectivity index (χ0n) is 27.3. The molecule has 2 aliphatic heterocycles. The summed E-state index contributed by atoms with van der Waals surface area (Å²) in [7, 11) is 1.41. The molecule has 3 unspecified atom stereocenters. The molecule has 10 nitrogen and oxygen atoms in total. The summed E-state index contributed by atoms with van der Waals surface area (Å²) in [6, 6.07) is 8.28. The maximum atomic E-state index is 17.0. The first-order valence-electron chi connectivity index (χ1n) is 17.0. The molecule has 48 heavy (non-hydrogen) atoms. The molecule has 4 aromatic rings. The molecule has 3 atom stereocenters. The Morgan fingerprint density at radius 2 is 1.88 bits per heavy atom. The van der Waals surface area contributed by atoms with Crippen LogP contribution in [0.3, 0.4) is 0 Å². The van der Waals surface area contributed by atoms with Crippen LogP contribution in [0, 0.1) is 17.0 Å². The average molecular weight is 662 g/mol. The first kappa shape index (κ1) is 31.4. The van der Waals surface area contributed by atoms with E-state index in [1.165, 1.54) is 44.2 Å². The fourth-order valence-corrected chi connectivity index (χ4v) is 8.45. The number of aliphatic hydroxyl groups is 1. The number of benzene rings is 2. The number of β-amino-alcohol motifs (C(OH)–C–C–N with tert-alkyl or cyclic N) is 1. The number of halogens is 2. The standard InChI is InChI=1S/C36H41F2N5O5/c1-35(45)18-42(14-15-47-19-35)32-28-31(40-34(41-32)48-20-36-11-4-8-26(36)43(13-5-12-36)22-9-10-22)29(38)30(39-33(28)46-2)24-17-23(44)16-21-6-3-7-25(37)27(21)24/h3,6-7,16-17,22,26,44-45H,4-5,8-15,18-20H2,1-2H3. The van der Waals surface area contributed by atoms with Crippen LogP contribution in [0.1, 0.15) is 51.9 Å². The summed E-state index contributed by atoms with van der Waals surface area (Å²) >= 11 is 0. The summed E-state index contributed by atoms with van der Waals surface area (Å²) in [5, 5.41) is 22.3. The highest BCUT2D eigenvalue weighted by molar-refractivity contribution is 6.02. The number of phenols is 1. The number of ether oxygens (including phenoxy) is 3. The Bertz CT molecular complexity index is 1890. The van der Waals surface area contributed by atoms with Crippen molar-refractivity contribution >= 4 is 27.5 Å². The lowest BCUT2D eigenvalue weighted by atomic mass is 9.75. The monoisotopic (exact) mass is 661 g/mol. The van der Waals surface area contributed by atoms with Crippen molar-refractivity contribution in [2.45, 2.75) is 69.6 Å². The van der Waals surface area contributed by atoms with Crippen molar-refractivity contribution in [3.05, 3.63) is 42.0 Å². The van der Waals surface area contributed by atoms with Crippen LogP contribution in [0.15, 0.2) is 30.3 Å². The number of methoxy groups -OCH3 is 1. The van der Waals surface area contributed by atoms with Gasteiger partial charge in [0.15, 0.2) is 5.82 Å². The van der Waals surface area contributed by atoms with Gasteiger partial charge in [0.2, 0.25) is 5.88 Å². The smallest absolute Gasteiger partial charge is 0.319 e. The third-order valence-electron chi connectivity index (χ3n) is 10.7. The zero-order valence-corrected chi connectivity index (χ0v) is 27.3. The number of aromatic hydroxyl groups is 1. The van der Waals surface area contributed by atoms with Gasteiger partial charge >= 0.3 is 6.01 Å². The number of rotatable bonds is 7. The van der Waals surface area contributed by atoms with E-state index in [9.17, 15) is 10.2 Å². The van der Waals surface area contributed by atoms with Crippen LogP contribution in [-0.2, 0) is 4.74 Å². The number of fused-ring (bicyclic) bond motifs is 3. The lowest BCUT2D eigenvalue weighted by molar-refractivity contribution is -0.0123. The second-order valence-electron chi connectivity index (χ2n) is 14.3. The van der Waals surface area contributed by atoms with Gasteiger partial charge in [0.05, 0.1) is 33.5 Å². The summed E-state index contributed by atoms with van der Waals surface area (Å²) in [5.74, 6) is -1.27. The van der Waals surface area contributed by atoms with Crippen LogP contribution < -0.4 is 14.4 Å². The normalized spacial score (nSPS) is 26.5. The first-order valence-corrected chi connectivity index (χ1v) is 17.0. The van der Waals surface area contributed by atoms with Crippen LogP contribution in [0.2, 0.25) is 0 Å². The Kier molecular flexibility index (Phi) is 7.80. The van der Waals surface area contributed by atoms with E-state index in [0.29, 0.717) is 43.0 Å². The van der Waals surface area contributed by atoms with Crippen molar-refractivity contribution in [3.63, 3.8) is 0 Å². The van der Waals surface area contributed by atoms with Gasteiger partial charge in [-0.2, -0.15) is 9.97 Å². The first-order chi connectivity index (χ1) is 23.2. The largest absolute Gasteiger partial charge is 0.508 e. The molecule has 0 radical (unpaired) electrons. The molecule has 2 aromatic heterocycles. The van der Waals surface area contributed by atoms with Gasteiger partial charge in [-0.3, -0.25) is 4.90 Å². The Labute approximate surface area is 277 Å². The minimum atomic E-state index is -1.21. The molecule has 2 saturated carbocycles. The van der Waals surface area contributed by atoms with Crippen LogP contribution in [0.5, 0.6) is 17.6 Å². The van der Waals surface area contributed by atoms with E-state index < -0.39 is 17.2 Å². The van der Waals surface area contributed by atoms with Crippen molar-refractivity contribution in [2.75, 3.05) is 51.5 Å². The van der Waals surface area contributed by atoms with E-state index in [0.717, 1.165) is 38.6 Å². The molecule has 12 heteroatoms. The third kappa shape index (κ3) is 5.47. The molecule has 4 aliphatic rings. The lowest BCUT2D eigenvalue weighted by Gasteiger charge is -2.46. The minimum Gasteiger partial charge on any atom is -0.508 e. The van der Waals surface area contributed by atoms with Crippen molar-refractivity contribution in [2.24, 2.45) is 5.41 Å². The van der Waals surface area contributed by atoms with Crippen LogP contribution >= 0.6 is 0 Å². The predicted molar refractivity (Wildman–Crippen MR) is 177 cm³/mol. The maximum absolute atomic E-state index is 17.0. The molecule has 4 fully saturated rings. The third-order valence-corrected chi connectivity index (χ3v) is 10.7. The molecule has 0 amide bonds. The zero-order chi connectivity index (χ0) is 33.2. The van der Waals surface area contributed by atoms with Crippen molar-refractivity contribution in [1.82, 2.24) is 19.9 Å². The number of hydrogen-bond acceptors (Lipinski definition) is 10. The second-order valence-corrected chi connectivity index (χ2v) is 14.3. The molecular weight excluding hydrogens is 620 g/mol. The van der Waals surface area contributed by atoms with Gasteiger partial charge in [0.1, 0.15) is 39.6 Å². The van der Waals surface area contributed by atoms with E-state index in [4.69, 9.17) is 19.2 Å². The molecule has 0 bridgehead atoms. The van der Waals surface area contributed by atoms with Gasteiger partial charge in [-0.15, -0.1) is 0 Å². The van der Waals surface area contributed by atoms with Gasteiger partial charge < -0.3 is 29.3 Å². The van der Waals surface area contributed by atoms with E-state index in [1.54, 1.807) is 13.0 Å². The van der Waals surface area contributed by atoms with E-state index in [-0.39, 0.29) is 63.8 Å². The van der Waals surface area contributed by atoms with Gasteiger partial charge in [-0.1, -0.05) is 18.6 Å². The number of piperidine rings is 1. The topological polar surface area (TPSA) is 113 Å². The lowest BCUT2D eigenvalue weighted by Crippen LogP contribution is -2.52. The van der Waals surface area contributed by atoms with Gasteiger partial charge in [-0.25, -0.2) is 13.8 Å². The molecule has 254 valence electrons. The number of nitrogens with zero attached hydrogens (tertiary/aromatic N) is 5. The van der Waals surface area contributed by atoms with Crippen LogP contribution in [-0.4, -0.2) is 94.3 Å². The van der Waals surface area contributed by atoms with Crippen LogP contribution in [0.25, 0.3) is 32.9 Å². The number of likely N-dealkylation sites (tertiary alicyclic amines) is 1. The highest BCUT2D eigenvalue weighted by atomic mass is 19.1. The molecule has 4 heterocycles. The van der Waals surface area contributed by atoms with Gasteiger partial charge in [0.25, 0.3) is 0 Å². The molecule has 8 rings (SSSR count). The Balaban J connectivity index is 1.28. The molecular formula is C36H41F2N5O5. The average Bonchev–Trinajstić information content (AvgIpc) is 3.85. The van der Waals surface area contributed by atoms with E-state index in [2.05, 4.69) is 14.9 Å². The molecule has 2 aromatic carbocycles. The number of anilines is 1. The maximum Gasteiger partial charge on any atom is 0.319 e. The van der Waals surface area contributed by atoms with Crippen LogP contribution in [0.4, 0.5) is 14.6 Å². The summed E-state index contributed by atoms with van der Waals surface area (Å²) in [4.78, 5) is 18.5. The SMILES string of the molecule is COc1nc(-c2cc(O)cc3cccc(F)c23)c(F)c2nc(OCC34CCCC3N(C3CC3)CCC4)nc(N3CCOCC(C)(O)C3)c12. The Hall–Kier alpha value is -3.87. The number of hydrogen-bond donors (Lipinski definition) is 2. The van der Waals surface area contributed by atoms with E-state index >= 15 is 8.78 Å². The summed E-state index contributed by atoms with van der Waals surface area (Å²) in [5.41, 5.74) is -1.52. The van der Waals surface area contributed by atoms with Crippen molar-refractivity contribution < 1.29 is 33.2 Å². The quantitative estimate of drug-likeness (QED) is 0.260. The van der Waals surface area contributed by atoms with E-state index in [1.807, 2.05) is 4.90 Å². The second kappa shape index (κ2) is 11.9.